The number of hydrogen-bond acceptors (Lipinski definition) is 4. The van der Waals surface area contributed by atoms with Crippen molar-refractivity contribution >= 4 is 15.7 Å². The van der Waals surface area contributed by atoms with E-state index in [-0.39, 0.29) is 4.90 Å². The van der Waals surface area contributed by atoms with Crippen LogP contribution in [-0.2, 0) is 10.0 Å². The Hall–Kier alpha value is -2.21. The van der Waals surface area contributed by atoms with Crippen LogP contribution in [0.4, 0.5) is 5.69 Å². The second-order valence-electron chi connectivity index (χ2n) is 5.51. The first-order valence-electron chi connectivity index (χ1n) is 7.30. The molecule has 0 spiro atoms. The Labute approximate surface area is 137 Å². The maximum atomic E-state index is 12.4. The lowest BCUT2D eigenvalue weighted by Gasteiger charge is -2.11. The van der Waals surface area contributed by atoms with Gasteiger partial charge in [0.2, 0.25) is 0 Å². The van der Waals surface area contributed by atoms with Gasteiger partial charge in [-0.2, -0.15) is 0 Å². The van der Waals surface area contributed by atoms with Crippen LogP contribution in [0.1, 0.15) is 13.8 Å². The Balaban J connectivity index is 2.12. The monoisotopic (exact) mass is 335 g/mol. The molecule has 6 heteroatoms. The van der Waals surface area contributed by atoms with Gasteiger partial charge in [0, 0.05) is 6.07 Å². The molecule has 2 aromatic rings. The molecular formula is C17H21NO4S. The van der Waals surface area contributed by atoms with E-state index in [1.165, 1.54) is 19.2 Å². The van der Waals surface area contributed by atoms with Crippen molar-refractivity contribution in [1.82, 2.24) is 0 Å². The van der Waals surface area contributed by atoms with E-state index in [1.54, 1.807) is 36.4 Å². The molecule has 0 amide bonds. The third-order valence-corrected chi connectivity index (χ3v) is 4.44. The summed E-state index contributed by atoms with van der Waals surface area (Å²) in [5.74, 6) is 1.65. The SMILES string of the molecule is COc1cccc(NS(=O)(=O)c2ccc(OCC(C)C)cc2)c1. The molecule has 23 heavy (non-hydrogen) atoms. The Morgan fingerprint density at radius 1 is 1.04 bits per heavy atom. The van der Waals surface area contributed by atoms with Crippen molar-refractivity contribution in [3.63, 3.8) is 0 Å². The average Bonchev–Trinajstić information content (AvgIpc) is 2.53. The Bertz CT molecular complexity index is 739. The lowest BCUT2D eigenvalue weighted by atomic mass is 10.2. The molecule has 124 valence electrons. The fraction of sp³-hybridized carbons (Fsp3) is 0.294. The van der Waals surface area contributed by atoms with E-state index < -0.39 is 10.0 Å². The van der Waals surface area contributed by atoms with Crippen LogP contribution in [-0.4, -0.2) is 22.1 Å². The Morgan fingerprint density at radius 2 is 1.74 bits per heavy atom. The van der Waals surface area contributed by atoms with E-state index in [9.17, 15) is 8.42 Å². The molecule has 2 rings (SSSR count). The summed E-state index contributed by atoms with van der Waals surface area (Å²) < 4.78 is 37.9. The number of hydrogen-bond donors (Lipinski definition) is 1. The van der Waals surface area contributed by atoms with Crippen LogP contribution >= 0.6 is 0 Å². The Kier molecular flexibility index (Phi) is 5.50. The second kappa shape index (κ2) is 7.37. The number of sulfonamides is 1. The maximum Gasteiger partial charge on any atom is 0.261 e. The van der Waals surface area contributed by atoms with Crippen LogP contribution in [0.5, 0.6) is 11.5 Å². The highest BCUT2D eigenvalue weighted by Crippen LogP contribution is 2.22. The summed E-state index contributed by atoms with van der Waals surface area (Å²) in [6, 6.07) is 13.1. The van der Waals surface area contributed by atoms with Crippen LogP contribution in [0.25, 0.3) is 0 Å². The third-order valence-electron chi connectivity index (χ3n) is 3.04. The van der Waals surface area contributed by atoms with E-state index in [4.69, 9.17) is 9.47 Å². The zero-order valence-electron chi connectivity index (χ0n) is 13.4. The molecule has 0 saturated carbocycles. The van der Waals surface area contributed by atoms with Gasteiger partial charge >= 0.3 is 0 Å². The predicted octanol–water partition coefficient (Wildman–Crippen LogP) is 3.53. The van der Waals surface area contributed by atoms with Crippen molar-refractivity contribution in [2.45, 2.75) is 18.7 Å². The van der Waals surface area contributed by atoms with E-state index >= 15 is 0 Å². The quantitative estimate of drug-likeness (QED) is 0.841. The highest BCUT2D eigenvalue weighted by molar-refractivity contribution is 7.92. The molecule has 2 aromatic carbocycles. The van der Waals surface area contributed by atoms with Gasteiger partial charge in [-0.3, -0.25) is 4.72 Å². The molecule has 0 bridgehead atoms. The number of benzene rings is 2. The molecule has 0 radical (unpaired) electrons. The zero-order chi connectivity index (χ0) is 16.9. The summed E-state index contributed by atoms with van der Waals surface area (Å²) in [6.07, 6.45) is 0. The summed E-state index contributed by atoms with van der Waals surface area (Å²) in [4.78, 5) is 0.178. The van der Waals surface area contributed by atoms with Gasteiger partial charge in [0.25, 0.3) is 10.0 Å². The van der Waals surface area contributed by atoms with Crippen LogP contribution in [0, 0.1) is 5.92 Å². The van der Waals surface area contributed by atoms with Crippen LogP contribution in [0.2, 0.25) is 0 Å². The minimum Gasteiger partial charge on any atom is -0.497 e. The number of rotatable bonds is 7. The summed E-state index contributed by atoms with van der Waals surface area (Å²) in [5.41, 5.74) is 0.449. The van der Waals surface area contributed by atoms with E-state index in [2.05, 4.69) is 18.6 Å². The molecule has 0 saturated heterocycles. The standard InChI is InChI=1S/C17H21NO4S/c1-13(2)12-22-15-7-9-17(10-8-15)23(19,20)18-14-5-4-6-16(11-14)21-3/h4-11,13,18H,12H2,1-3H3. The van der Waals surface area contributed by atoms with Crippen LogP contribution in [0.3, 0.4) is 0 Å². The lowest BCUT2D eigenvalue weighted by Crippen LogP contribution is -2.13. The molecule has 0 aliphatic carbocycles. The molecule has 0 atom stereocenters. The van der Waals surface area contributed by atoms with Gasteiger partial charge in [0.15, 0.2) is 0 Å². The summed E-state index contributed by atoms with van der Waals surface area (Å²) in [5, 5.41) is 0. The first-order chi connectivity index (χ1) is 10.9. The minimum absolute atomic E-state index is 0.178. The summed E-state index contributed by atoms with van der Waals surface area (Å²) in [7, 11) is -2.12. The van der Waals surface area contributed by atoms with E-state index in [1.807, 2.05) is 0 Å². The van der Waals surface area contributed by atoms with E-state index in [0.29, 0.717) is 29.7 Å². The molecule has 0 unspecified atom stereocenters. The molecule has 0 aliphatic rings. The van der Waals surface area contributed by atoms with Crippen molar-refractivity contribution in [2.75, 3.05) is 18.4 Å². The van der Waals surface area contributed by atoms with Gasteiger partial charge in [-0.15, -0.1) is 0 Å². The molecule has 5 nitrogen and oxygen atoms in total. The highest BCUT2D eigenvalue weighted by atomic mass is 32.2. The molecule has 0 fully saturated rings. The fourth-order valence-electron chi connectivity index (χ4n) is 1.88. The second-order valence-corrected chi connectivity index (χ2v) is 7.20. The topological polar surface area (TPSA) is 64.6 Å². The molecule has 0 aliphatic heterocycles. The molecule has 0 aromatic heterocycles. The largest absolute Gasteiger partial charge is 0.497 e. The lowest BCUT2D eigenvalue weighted by molar-refractivity contribution is 0.271. The number of anilines is 1. The number of ether oxygens (including phenoxy) is 2. The van der Waals surface area contributed by atoms with Crippen LogP contribution in [0.15, 0.2) is 53.4 Å². The van der Waals surface area contributed by atoms with Crippen molar-refractivity contribution in [3.8, 4) is 11.5 Å². The highest BCUT2D eigenvalue weighted by Gasteiger charge is 2.14. The van der Waals surface area contributed by atoms with Crippen LogP contribution < -0.4 is 14.2 Å². The first-order valence-corrected chi connectivity index (χ1v) is 8.79. The van der Waals surface area contributed by atoms with Crippen molar-refractivity contribution in [3.05, 3.63) is 48.5 Å². The number of nitrogens with one attached hydrogen (secondary N) is 1. The fourth-order valence-corrected chi connectivity index (χ4v) is 2.93. The maximum absolute atomic E-state index is 12.4. The summed E-state index contributed by atoms with van der Waals surface area (Å²) >= 11 is 0. The van der Waals surface area contributed by atoms with Gasteiger partial charge in [-0.1, -0.05) is 19.9 Å². The van der Waals surface area contributed by atoms with Gasteiger partial charge in [0.05, 0.1) is 24.3 Å². The minimum atomic E-state index is -3.65. The van der Waals surface area contributed by atoms with Crippen molar-refractivity contribution in [1.29, 1.82) is 0 Å². The van der Waals surface area contributed by atoms with Gasteiger partial charge < -0.3 is 9.47 Å². The molecular weight excluding hydrogens is 314 g/mol. The van der Waals surface area contributed by atoms with Crippen molar-refractivity contribution in [2.24, 2.45) is 5.92 Å². The predicted molar refractivity (Wildman–Crippen MR) is 90.6 cm³/mol. The van der Waals surface area contributed by atoms with Gasteiger partial charge in [-0.25, -0.2) is 8.42 Å². The average molecular weight is 335 g/mol. The number of methoxy groups -OCH3 is 1. The molecule has 1 N–H and O–H groups in total. The Morgan fingerprint density at radius 3 is 2.35 bits per heavy atom. The third kappa shape index (κ3) is 4.89. The normalized spacial score (nSPS) is 11.3. The smallest absolute Gasteiger partial charge is 0.261 e. The van der Waals surface area contributed by atoms with Gasteiger partial charge in [0.1, 0.15) is 11.5 Å². The zero-order valence-corrected chi connectivity index (χ0v) is 14.3. The van der Waals surface area contributed by atoms with Gasteiger partial charge in [-0.05, 0) is 42.3 Å². The van der Waals surface area contributed by atoms with Crippen molar-refractivity contribution < 1.29 is 17.9 Å². The van der Waals surface area contributed by atoms with E-state index in [0.717, 1.165) is 0 Å². The summed E-state index contributed by atoms with van der Waals surface area (Å²) in [6.45, 7) is 4.70. The molecule has 0 heterocycles. The first kappa shape index (κ1) is 17.1.